The monoisotopic (exact) mass is 292 g/mol. The van der Waals surface area contributed by atoms with Crippen LogP contribution in [0.4, 0.5) is 0 Å². The second-order valence-electron chi connectivity index (χ2n) is 4.79. The van der Waals surface area contributed by atoms with E-state index in [0.29, 0.717) is 13.1 Å². The number of nitrogens with zero attached hydrogens (tertiary/aromatic N) is 3. The molecule has 6 heteroatoms. The average molecular weight is 293 g/mol. The van der Waals surface area contributed by atoms with Crippen LogP contribution < -0.4 is 10.1 Å². The van der Waals surface area contributed by atoms with Crippen molar-refractivity contribution >= 4 is 11.6 Å². The number of benzene rings is 1. The van der Waals surface area contributed by atoms with Gasteiger partial charge in [-0.15, -0.1) is 10.2 Å². The summed E-state index contributed by atoms with van der Waals surface area (Å²) < 4.78 is 7.71. The number of halogens is 1. The number of rotatable bonds is 5. The van der Waals surface area contributed by atoms with Crippen molar-refractivity contribution in [1.29, 1.82) is 0 Å². The van der Waals surface area contributed by atoms with Crippen LogP contribution in [-0.2, 0) is 26.1 Å². The lowest BCUT2D eigenvalue weighted by atomic mass is 10.1. The van der Waals surface area contributed by atoms with Gasteiger partial charge in [0.1, 0.15) is 17.9 Å². The maximum atomic E-state index is 6.14. The van der Waals surface area contributed by atoms with Gasteiger partial charge in [-0.1, -0.05) is 11.6 Å². The molecule has 20 heavy (non-hydrogen) atoms. The zero-order chi connectivity index (χ0) is 13.9. The third-order valence-corrected chi connectivity index (χ3v) is 3.68. The van der Waals surface area contributed by atoms with Crippen LogP contribution in [0, 0.1) is 0 Å². The quantitative estimate of drug-likeness (QED) is 0.918. The summed E-state index contributed by atoms with van der Waals surface area (Å²) in [6.45, 7) is 5.08. The molecular formula is C14H17ClN4O. The lowest BCUT2D eigenvalue weighted by Gasteiger charge is -2.10. The summed E-state index contributed by atoms with van der Waals surface area (Å²) in [4.78, 5) is 0. The van der Waals surface area contributed by atoms with E-state index in [4.69, 9.17) is 16.3 Å². The van der Waals surface area contributed by atoms with E-state index in [1.54, 1.807) is 6.33 Å². The van der Waals surface area contributed by atoms with E-state index < -0.39 is 0 Å². The Morgan fingerprint density at radius 2 is 2.30 bits per heavy atom. The summed E-state index contributed by atoms with van der Waals surface area (Å²) in [7, 11) is 0. The molecule has 106 valence electrons. The highest BCUT2D eigenvalue weighted by Crippen LogP contribution is 2.32. The van der Waals surface area contributed by atoms with E-state index in [1.165, 1.54) is 5.56 Å². The molecule has 5 nitrogen and oxygen atoms in total. The van der Waals surface area contributed by atoms with Crippen LogP contribution in [0.3, 0.4) is 0 Å². The zero-order valence-corrected chi connectivity index (χ0v) is 12.2. The van der Waals surface area contributed by atoms with E-state index >= 15 is 0 Å². The highest BCUT2D eigenvalue weighted by Gasteiger charge is 2.17. The van der Waals surface area contributed by atoms with Gasteiger partial charge in [0.15, 0.2) is 0 Å². The molecule has 1 aliphatic heterocycles. The van der Waals surface area contributed by atoms with Crippen LogP contribution >= 0.6 is 11.6 Å². The normalized spacial score (nSPS) is 13.3. The first-order valence-electron chi connectivity index (χ1n) is 6.79. The molecule has 1 N–H and O–H groups in total. The molecule has 3 rings (SSSR count). The van der Waals surface area contributed by atoms with Crippen LogP contribution in [0.25, 0.3) is 0 Å². The van der Waals surface area contributed by atoms with Gasteiger partial charge in [-0.3, -0.25) is 0 Å². The van der Waals surface area contributed by atoms with E-state index in [1.807, 2.05) is 16.7 Å². The number of nitrogens with one attached hydrogen (secondary N) is 1. The van der Waals surface area contributed by atoms with Gasteiger partial charge in [-0.25, -0.2) is 0 Å². The third kappa shape index (κ3) is 2.64. The Morgan fingerprint density at radius 1 is 1.40 bits per heavy atom. The van der Waals surface area contributed by atoms with Gasteiger partial charge in [0, 0.05) is 30.1 Å². The Kier molecular flexibility index (Phi) is 3.89. The van der Waals surface area contributed by atoms with Crippen molar-refractivity contribution in [3.63, 3.8) is 0 Å². The van der Waals surface area contributed by atoms with Crippen molar-refractivity contribution in [2.24, 2.45) is 0 Å². The van der Waals surface area contributed by atoms with Gasteiger partial charge in [-0.05, 0) is 24.6 Å². The van der Waals surface area contributed by atoms with Gasteiger partial charge >= 0.3 is 0 Å². The molecule has 0 saturated carbocycles. The lowest BCUT2D eigenvalue weighted by Crippen LogP contribution is -2.17. The van der Waals surface area contributed by atoms with Gasteiger partial charge in [0.2, 0.25) is 0 Å². The summed E-state index contributed by atoms with van der Waals surface area (Å²) in [6, 6.07) is 3.95. The Labute approximate surface area is 122 Å². The minimum absolute atomic E-state index is 0.676. The first-order valence-corrected chi connectivity index (χ1v) is 7.17. The van der Waals surface area contributed by atoms with Gasteiger partial charge in [0.05, 0.1) is 13.2 Å². The molecule has 0 radical (unpaired) electrons. The Balaban J connectivity index is 1.67. The van der Waals surface area contributed by atoms with Crippen molar-refractivity contribution in [2.45, 2.75) is 33.0 Å². The molecule has 1 aromatic heterocycles. The van der Waals surface area contributed by atoms with Crippen molar-refractivity contribution in [2.75, 3.05) is 6.61 Å². The van der Waals surface area contributed by atoms with E-state index in [0.717, 1.165) is 41.7 Å². The third-order valence-electron chi connectivity index (χ3n) is 3.46. The van der Waals surface area contributed by atoms with E-state index in [-0.39, 0.29) is 0 Å². The average Bonchev–Trinajstić information content (AvgIpc) is 3.06. The predicted octanol–water partition coefficient (Wildman–Crippen LogP) is 2.18. The van der Waals surface area contributed by atoms with Crippen LogP contribution in [0.2, 0.25) is 5.02 Å². The van der Waals surface area contributed by atoms with Gasteiger partial charge in [-0.2, -0.15) is 0 Å². The summed E-state index contributed by atoms with van der Waals surface area (Å²) in [5.41, 5.74) is 2.30. The highest BCUT2D eigenvalue weighted by molar-refractivity contribution is 6.30. The summed E-state index contributed by atoms with van der Waals surface area (Å²) in [6.07, 6.45) is 2.68. The van der Waals surface area contributed by atoms with Crippen molar-refractivity contribution in [3.05, 3.63) is 40.4 Å². The lowest BCUT2D eigenvalue weighted by molar-refractivity contribution is 0.352. The van der Waals surface area contributed by atoms with Crippen LogP contribution in [0.5, 0.6) is 5.75 Å². The standard InChI is InChI=1S/C14H17ClN4O/c1-2-19-9-17-18-13(19)8-16-7-11-6-12(15)5-10-3-4-20-14(10)11/h5-6,9,16H,2-4,7-8H2,1H3. The summed E-state index contributed by atoms with van der Waals surface area (Å²) in [5.74, 6) is 1.92. The fourth-order valence-electron chi connectivity index (χ4n) is 2.47. The largest absolute Gasteiger partial charge is 0.493 e. The van der Waals surface area contributed by atoms with Crippen LogP contribution in [0.15, 0.2) is 18.5 Å². The number of hydrogen-bond acceptors (Lipinski definition) is 4. The number of aryl methyl sites for hydroxylation is 1. The first kappa shape index (κ1) is 13.4. The molecule has 1 aliphatic rings. The van der Waals surface area contributed by atoms with E-state index in [9.17, 15) is 0 Å². The molecule has 1 aromatic carbocycles. The number of ether oxygens (including phenoxy) is 1. The predicted molar refractivity (Wildman–Crippen MR) is 76.9 cm³/mol. The second kappa shape index (κ2) is 5.81. The smallest absolute Gasteiger partial charge is 0.146 e. The van der Waals surface area contributed by atoms with Crippen LogP contribution in [0.1, 0.15) is 23.9 Å². The maximum Gasteiger partial charge on any atom is 0.146 e. The molecule has 0 atom stereocenters. The molecule has 0 fully saturated rings. The molecule has 0 amide bonds. The Bertz CT molecular complexity index is 611. The minimum Gasteiger partial charge on any atom is -0.493 e. The van der Waals surface area contributed by atoms with Gasteiger partial charge in [0.25, 0.3) is 0 Å². The topological polar surface area (TPSA) is 52.0 Å². The zero-order valence-electron chi connectivity index (χ0n) is 11.4. The Morgan fingerprint density at radius 3 is 3.15 bits per heavy atom. The molecule has 0 unspecified atom stereocenters. The first-order chi connectivity index (χ1) is 9.78. The molecule has 2 aromatic rings. The summed E-state index contributed by atoms with van der Waals surface area (Å²) >= 11 is 6.14. The van der Waals surface area contributed by atoms with E-state index in [2.05, 4.69) is 22.4 Å². The van der Waals surface area contributed by atoms with Crippen LogP contribution in [-0.4, -0.2) is 21.4 Å². The Hall–Kier alpha value is -1.59. The van der Waals surface area contributed by atoms with Crippen molar-refractivity contribution in [1.82, 2.24) is 20.1 Å². The van der Waals surface area contributed by atoms with Crippen molar-refractivity contribution in [3.8, 4) is 5.75 Å². The SMILES string of the molecule is CCn1cnnc1CNCc1cc(Cl)cc2c1OCC2. The molecular weight excluding hydrogens is 276 g/mol. The molecule has 0 bridgehead atoms. The fourth-order valence-corrected chi connectivity index (χ4v) is 2.73. The number of aromatic nitrogens is 3. The summed E-state index contributed by atoms with van der Waals surface area (Å²) in [5, 5.41) is 12.2. The highest BCUT2D eigenvalue weighted by atomic mass is 35.5. The second-order valence-corrected chi connectivity index (χ2v) is 5.22. The maximum absolute atomic E-state index is 6.14. The minimum atomic E-state index is 0.676. The molecule has 0 saturated heterocycles. The number of hydrogen-bond donors (Lipinski definition) is 1. The molecule has 2 heterocycles. The van der Waals surface area contributed by atoms with Crippen molar-refractivity contribution < 1.29 is 4.74 Å². The molecule has 0 spiro atoms. The number of fused-ring (bicyclic) bond motifs is 1. The van der Waals surface area contributed by atoms with Gasteiger partial charge < -0.3 is 14.6 Å². The fraction of sp³-hybridized carbons (Fsp3) is 0.429. The molecule has 0 aliphatic carbocycles.